The highest BCUT2D eigenvalue weighted by molar-refractivity contribution is 5.96. The quantitative estimate of drug-likeness (QED) is 0.806. The van der Waals surface area contributed by atoms with Crippen molar-refractivity contribution in [2.24, 2.45) is 0 Å². The van der Waals surface area contributed by atoms with Crippen molar-refractivity contribution < 1.29 is 14.3 Å². The zero-order valence-corrected chi connectivity index (χ0v) is 14.6. The second-order valence-electron chi connectivity index (χ2n) is 5.96. The monoisotopic (exact) mass is 325 g/mol. The number of nitrogens with one attached hydrogen (secondary N) is 1. The molecule has 24 heavy (non-hydrogen) atoms. The molecule has 0 bridgehead atoms. The Morgan fingerprint density at radius 2 is 1.62 bits per heavy atom. The molecule has 0 spiro atoms. The zero-order valence-electron chi connectivity index (χ0n) is 14.6. The molecule has 0 aliphatic carbocycles. The standard InChI is InChI=1S/C20H23NO3/c1-5-19(24-18-11-13(2)10-14(3)12-18)20(23)21-17-8-6-16(7-9-17)15(4)22/h6-12,19H,5H2,1-4H3,(H,21,23). The Bertz CT molecular complexity index is 715. The number of carbonyl (C=O) groups is 2. The van der Waals surface area contributed by atoms with E-state index in [0.717, 1.165) is 11.1 Å². The van der Waals surface area contributed by atoms with E-state index >= 15 is 0 Å². The number of hydrogen-bond acceptors (Lipinski definition) is 3. The van der Waals surface area contributed by atoms with Crippen molar-refractivity contribution >= 4 is 17.4 Å². The summed E-state index contributed by atoms with van der Waals surface area (Å²) in [5.41, 5.74) is 3.46. The molecular weight excluding hydrogens is 302 g/mol. The molecule has 0 aromatic heterocycles. The molecule has 126 valence electrons. The van der Waals surface area contributed by atoms with Crippen LogP contribution >= 0.6 is 0 Å². The SMILES string of the molecule is CCC(Oc1cc(C)cc(C)c1)C(=O)Nc1ccc(C(C)=O)cc1. The van der Waals surface area contributed by atoms with E-state index in [9.17, 15) is 9.59 Å². The van der Waals surface area contributed by atoms with Gasteiger partial charge in [0.25, 0.3) is 5.91 Å². The molecule has 1 N–H and O–H groups in total. The first kappa shape index (κ1) is 17.7. The summed E-state index contributed by atoms with van der Waals surface area (Å²) in [6, 6.07) is 12.7. The molecule has 1 atom stereocenters. The zero-order chi connectivity index (χ0) is 17.7. The van der Waals surface area contributed by atoms with Gasteiger partial charge < -0.3 is 10.1 Å². The maximum atomic E-state index is 12.4. The van der Waals surface area contributed by atoms with Gasteiger partial charge in [-0.25, -0.2) is 0 Å². The van der Waals surface area contributed by atoms with E-state index < -0.39 is 6.10 Å². The lowest BCUT2D eigenvalue weighted by Gasteiger charge is -2.18. The van der Waals surface area contributed by atoms with Gasteiger partial charge in [-0.2, -0.15) is 0 Å². The summed E-state index contributed by atoms with van der Waals surface area (Å²) in [6.07, 6.45) is -0.0108. The molecule has 4 nitrogen and oxygen atoms in total. The van der Waals surface area contributed by atoms with Crippen LogP contribution < -0.4 is 10.1 Å². The van der Waals surface area contributed by atoms with Gasteiger partial charge in [0, 0.05) is 11.3 Å². The van der Waals surface area contributed by atoms with Gasteiger partial charge in [0.1, 0.15) is 5.75 Å². The van der Waals surface area contributed by atoms with Crippen LogP contribution in [0.2, 0.25) is 0 Å². The van der Waals surface area contributed by atoms with Crippen molar-refractivity contribution in [3.05, 3.63) is 59.2 Å². The summed E-state index contributed by atoms with van der Waals surface area (Å²) < 4.78 is 5.86. The average molecular weight is 325 g/mol. The fraction of sp³-hybridized carbons (Fsp3) is 0.300. The summed E-state index contributed by atoms with van der Waals surface area (Å²) in [5, 5.41) is 2.83. The molecule has 2 aromatic carbocycles. The van der Waals surface area contributed by atoms with Crippen molar-refractivity contribution in [3.63, 3.8) is 0 Å². The van der Waals surface area contributed by atoms with Gasteiger partial charge >= 0.3 is 0 Å². The molecule has 0 aliphatic rings. The minimum atomic E-state index is -0.571. The number of ether oxygens (including phenoxy) is 1. The Kier molecular flexibility index (Phi) is 5.74. The van der Waals surface area contributed by atoms with Crippen molar-refractivity contribution in [2.75, 3.05) is 5.32 Å². The predicted octanol–water partition coefficient (Wildman–Crippen LogP) is 4.30. The Balaban J connectivity index is 2.06. The minimum Gasteiger partial charge on any atom is -0.481 e. The predicted molar refractivity (Wildman–Crippen MR) is 95.7 cm³/mol. The van der Waals surface area contributed by atoms with Crippen molar-refractivity contribution in [2.45, 2.75) is 40.2 Å². The van der Waals surface area contributed by atoms with Gasteiger partial charge in [-0.05, 0) is 74.7 Å². The maximum Gasteiger partial charge on any atom is 0.265 e. The molecule has 0 heterocycles. The van der Waals surface area contributed by atoms with Gasteiger partial charge in [-0.1, -0.05) is 13.0 Å². The Morgan fingerprint density at radius 1 is 1.04 bits per heavy atom. The molecule has 2 rings (SSSR count). The van der Waals surface area contributed by atoms with E-state index in [4.69, 9.17) is 4.74 Å². The molecular formula is C20H23NO3. The van der Waals surface area contributed by atoms with Crippen molar-refractivity contribution in [3.8, 4) is 5.75 Å². The van der Waals surface area contributed by atoms with Crippen molar-refractivity contribution in [1.82, 2.24) is 0 Å². The highest BCUT2D eigenvalue weighted by Crippen LogP contribution is 2.19. The first-order chi connectivity index (χ1) is 11.4. The number of Topliss-reactive ketones (excluding diaryl/α,β-unsaturated/α-hetero) is 1. The molecule has 0 saturated carbocycles. The lowest BCUT2D eigenvalue weighted by molar-refractivity contribution is -0.122. The average Bonchev–Trinajstić information content (AvgIpc) is 2.52. The van der Waals surface area contributed by atoms with Crippen LogP contribution in [0.4, 0.5) is 5.69 Å². The molecule has 1 unspecified atom stereocenters. The molecule has 0 aliphatic heterocycles. The number of anilines is 1. The van der Waals surface area contributed by atoms with Crippen LogP contribution in [0.15, 0.2) is 42.5 Å². The van der Waals surface area contributed by atoms with Gasteiger partial charge in [-0.15, -0.1) is 0 Å². The third kappa shape index (κ3) is 4.69. The molecule has 0 saturated heterocycles. The third-order valence-electron chi connectivity index (χ3n) is 3.70. The highest BCUT2D eigenvalue weighted by Gasteiger charge is 2.19. The number of rotatable bonds is 6. The summed E-state index contributed by atoms with van der Waals surface area (Å²) >= 11 is 0. The number of ketones is 1. The van der Waals surface area contributed by atoms with Crippen LogP contribution in [-0.2, 0) is 4.79 Å². The first-order valence-electron chi connectivity index (χ1n) is 8.06. The summed E-state index contributed by atoms with van der Waals surface area (Å²) in [5.74, 6) is 0.492. The number of carbonyl (C=O) groups excluding carboxylic acids is 2. The van der Waals surface area contributed by atoms with E-state index in [1.54, 1.807) is 24.3 Å². The van der Waals surface area contributed by atoms with E-state index in [1.807, 2.05) is 32.9 Å². The van der Waals surface area contributed by atoms with Gasteiger partial charge in [-0.3, -0.25) is 9.59 Å². The van der Waals surface area contributed by atoms with Crippen LogP contribution in [0.1, 0.15) is 41.8 Å². The normalized spacial score (nSPS) is 11.7. The smallest absolute Gasteiger partial charge is 0.265 e. The molecule has 0 radical (unpaired) electrons. The van der Waals surface area contributed by atoms with Crippen LogP contribution in [0.25, 0.3) is 0 Å². The summed E-state index contributed by atoms with van der Waals surface area (Å²) in [6.45, 7) is 7.42. The number of amides is 1. The van der Waals surface area contributed by atoms with E-state index in [1.165, 1.54) is 6.92 Å². The fourth-order valence-electron chi connectivity index (χ4n) is 2.50. The summed E-state index contributed by atoms with van der Waals surface area (Å²) in [7, 11) is 0. The van der Waals surface area contributed by atoms with Gasteiger partial charge in [0.2, 0.25) is 0 Å². The second-order valence-corrected chi connectivity index (χ2v) is 5.96. The van der Waals surface area contributed by atoms with E-state index in [0.29, 0.717) is 23.4 Å². The van der Waals surface area contributed by atoms with Crippen LogP contribution in [0, 0.1) is 13.8 Å². The molecule has 1 amide bonds. The van der Waals surface area contributed by atoms with Crippen LogP contribution in [0.5, 0.6) is 5.75 Å². The van der Waals surface area contributed by atoms with Crippen LogP contribution in [0.3, 0.4) is 0 Å². The summed E-state index contributed by atoms with van der Waals surface area (Å²) in [4.78, 5) is 23.7. The third-order valence-corrected chi connectivity index (χ3v) is 3.70. The first-order valence-corrected chi connectivity index (χ1v) is 8.06. The minimum absolute atomic E-state index is 0.00235. The molecule has 0 fully saturated rings. The number of aryl methyl sites for hydroxylation is 2. The second kappa shape index (κ2) is 7.77. The topological polar surface area (TPSA) is 55.4 Å². The molecule has 4 heteroatoms. The van der Waals surface area contributed by atoms with E-state index in [2.05, 4.69) is 11.4 Å². The Hall–Kier alpha value is -2.62. The van der Waals surface area contributed by atoms with Crippen molar-refractivity contribution in [1.29, 1.82) is 0 Å². The Labute approximate surface area is 142 Å². The van der Waals surface area contributed by atoms with E-state index in [-0.39, 0.29) is 11.7 Å². The van der Waals surface area contributed by atoms with Gasteiger partial charge in [0.05, 0.1) is 0 Å². The fourth-order valence-corrected chi connectivity index (χ4v) is 2.50. The highest BCUT2D eigenvalue weighted by atomic mass is 16.5. The Morgan fingerprint density at radius 3 is 2.12 bits per heavy atom. The lowest BCUT2D eigenvalue weighted by Crippen LogP contribution is -2.32. The van der Waals surface area contributed by atoms with Crippen LogP contribution in [-0.4, -0.2) is 17.8 Å². The largest absolute Gasteiger partial charge is 0.481 e. The maximum absolute atomic E-state index is 12.4. The molecule has 2 aromatic rings. The number of hydrogen-bond donors (Lipinski definition) is 1. The van der Waals surface area contributed by atoms with Gasteiger partial charge in [0.15, 0.2) is 11.9 Å². The lowest BCUT2D eigenvalue weighted by atomic mass is 10.1. The number of benzene rings is 2.